The number of ether oxygens (including phenoxy) is 1. The maximum atomic E-state index is 12.5. The van der Waals surface area contributed by atoms with Crippen molar-refractivity contribution in [1.82, 2.24) is 0 Å². The molecule has 4 nitrogen and oxygen atoms in total. The molecule has 5 atom stereocenters. The van der Waals surface area contributed by atoms with Gasteiger partial charge in [0, 0.05) is 11.6 Å². The average molecular weight is 326 g/mol. The monoisotopic (exact) mass is 325 g/mol. The average Bonchev–Trinajstić information content (AvgIpc) is 3.04. The smallest absolute Gasteiger partial charge is 0.310 e. The first-order valence-corrected chi connectivity index (χ1v) is 7.76. The highest BCUT2D eigenvalue weighted by Gasteiger charge is 2.63. The van der Waals surface area contributed by atoms with Crippen LogP contribution >= 0.6 is 23.2 Å². The topological polar surface area (TPSA) is 55.4 Å². The van der Waals surface area contributed by atoms with Crippen LogP contribution in [0.2, 0.25) is 10.0 Å². The number of carbonyl (C=O) groups is 2. The summed E-state index contributed by atoms with van der Waals surface area (Å²) < 4.78 is 5.35. The standard InChI is InChI=1S/C15H13Cl2NO3/c16-9-2-1-7(5-10(9)17)18-14(19)12-6-3-8-11(4-6)21-15(20)13(8)12/h1-2,5-6,8,11-13H,3-4H2,(H,18,19)/t6-,8+,11-,12-,13+/m1/s1. The number of nitrogens with one attached hydrogen (secondary N) is 1. The highest BCUT2D eigenvalue weighted by atomic mass is 35.5. The van der Waals surface area contributed by atoms with Gasteiger partial charge in [-0.2, -0.15) is 0 Å². The number of esters is 1. The Morgan fingerprint density at radius 2 is 2.05 bits per heavy atom. The minimum atomic E-state index is -0.282. The van der Waals surface area contributed by atoms with Crippen LogP contribution in [0.5, 0.6) is 0 Å². The van der Waals surface area contributed by atoms with E-state index in [9.17, 15) is 9.59 Å². The fourth-order valence-corrected chi connectivity index (χ4v) is 4.46. The Hall–Kier alpha value is -1.26. The first-order valence-electron chi connectivity index (χ1n) is 7.01. The van der Waals surface area contributed by atoms with Gasteiger partial charge in [0.15, 0.2) is 0 Å². The van der Waals surface area contributed by atoms with Crippen molar-refractivity contribution < 1.29 is 14.3 Å². The second-order valence-corrected chi connectivity index (χ2v) is 6.85. The predicted molar refractivity (Wildman–Crippen MR) is 78.2 cm³/mol. The van der Waals surface area contributed by atoms with Crippen molar-refractivity contribution in [2.24, 2.45) is 23.7 Å². The van der Waals surface area contributed by atoms with Crippen LogP contribution in [0.15, 0.2) is 18.2 Å². The van der Waals surface area contributed by atoms with Crippen molar-refractivity contribution >= 4 is 40.8 Å². The van der Waals surface area contributed by atoms with Crippen molar-refractivity contribution in [2.75, 3.05) is 5.32 Å². The van der Waals surface area contributed by atoms with Gasteiger partial charge in [-0.15, -0.1) is 0 Å². The van der Waals surface area contributed by atoms with Gasteiger partial charge in [0.1, 0.15) is 6.10 Å². The molecular formula is C15H13Cl2NO3. The molecule has 6 heteroatoms. The lowest BCUT2D eigenvalue weighted by atomic mass is 9.79. The van der Waals surface area contributed by atoms with E-state index in [1.807, 2.05) is 0 Å². The lowest BCUT2D eigenvalue weighted by Gasteiger charge is -2.23. The molecule has 1 aromatic carbocycles. The molecule has 1 saturated heterocycles. The number of amides is 1. The predicted octanol–water partition coefficient (Wildman–Crippen LogP) is 3.13. The van der Waals surface area contributed by atoms with Gasteiger partial charge in [-0.05, 0) is 37.0 Å². The molecule has 3 aliphatic rings. The molecule has 3 fully saturated rings. The van der Waals surface area contributed by atoms with Crippen LogP contribution in [0.1, 0.15) is 12.8 Å². The van der Waals surface area contributed by atoms with Gasteiger partial charge in [0.05, 0.1) is 21.9 Å². The molecule has 4 rings (SSSR count). The maximum absolute atomic E-state index is 12.5. The summed E-state index contributed by atoms with van der Waals surface area (Å²) >= 11 is 11.8. The Morgan fingerprint density at radius 3 is 2.81 bits per heavy atom. The zero-order chi connectivity index (χ0) is 14.7. The van der Waals surface area contributed by atoms with E-state index in [1.54, 1.807) is 18.2 Å². The van der Waals surface area contributed by atoms with E-state index < -0.39 is 0 Å². The highest BCUT2D eigenvalue weighted by molar-refractivity contribution is 6.42. The van der Waals surface area contributed by atoms with Gasteiger partial charge in [0.2, 0.25) is 5.91 Å². The molecule has 21 heavy (non-hydrogen) atoms. The summed E-state index contributed by atoms with van der Waals surface area (Å²) in [6, 6.07) is 4.96. The van der Waals surface area contributed by atoms with Crippen LogP contribution in [0.25, 0.3) is 0 Å². The summed E-state index contributed by atoms with van der Waals surface area (Å²) in [6.45, 7) is 0. The van der Waals surface area contributed by atoms with Gasteiger partial charge >= 0.3 is 5.97 Å². The molecule has 0 aromatic heterocycles. The van der Waals surface area contributed by atoms with Crippen LogP contribution in [-0.2, 0) is 14.3 Å². The van der Waals surface area contributed by atoms with Crippen molar-refractivity contribution in [3.63, 3.8) is 0 Å². The Bertz CT molecular complexity index is 646. The summed E-state index contributed by atoms with van der Waals surface area (Å²) in [4.78, 5) is 24.5. The lowest BCUT2D eigenvalue weighted by molar-refractivity contribution is -0.145. The number of hydrogen-bond acceptors (Lipinski definition) is 3. The Morgan fingerprint density at radius 1 is 1.24 bits per heavy atom. The van der Waals surface area contributed by atoms with E-state index in [2.05, 4.69) is 5.32 Å². The van der Waals surface area contributed by atoms with Crippen molar-refractivity contribution in [2.45, 2.75) is 18.9 Å². The Balaban J connectivity index is 1.55. The van der Waals surface area contributed by atoms with Gasteiger partial charge in [0.25, 0.3) is 0 Å². The Kier molecular flexibility index (Phi) is 2.95. The van der Waals surface area contributed by atoms with Crippen LogP contribution in [0, 0.1) is 23.7 Å². The highest BCUT2D eigenvalue weighted by Crippen LogP contribution is 2.57. The minimum Gasteiger partial charge on any atom is -0.462 e. The van der Waals surface area contributed by atoms with Crippen molar-refractivity contribution in [3.8, 4) is 0 Å². The second kappa shape index (κ2) is 4.62. The third-order valence-electron chi connectivity index (χ3n) is 4.97. The van der Waals surface area contributed by atoms with E-state index in [0.717, 1.165) is 12.8 Å². The molecule has 0 spiro atoms. The van der Waals surface area contributed by atoms with Gasteiger partial charge in [-0.1, -0.05) is 23.2 Å². The lowest BCUT2D eigenvalue weighted by Crippen LogP contribution is -2.35. The summed E-state index contributed by atoms with van der Waals surface area (Å²) in [5, 5.41) is 3.68. The number of benzene rings is 1. The minimum absolute atomic E-state index is 0.0431. The fraction of sp³-hybridized carbons (Fsp3) is 0.467. The number of carbonyl (C=O) groups excluding carboxylic acids is 2. The fourth-order valence-electron chi connectivity index (χ4n) is 4.16. The molecule has 110 valence electrons. The number of fused-ring (bicyclic) bond motifs is 1. The molecule has 2 saturated carbocycles. The molecule has 1 heterocycles. The van der Waals surface area contributed by atoms with E-state index in [1.165, 1.54) is 0 Å². The van der Waals surface area contributed by atoms with E-state index >= 15 is 0 Å². The zero-order valence-electron chi connectivity index (χ0n) is 11.0. The van der Waals surface area contributed by atoms with E-state index in [4.69, 9.17) is 27.9 Å². The van der Waals surface area contributed by atoms with Crippen molar-refractivity contribution in [1.29, 1.82) is 0 Å². The maximum Gasteiger partial charge on any atom is 0.310 e. The van der Waals surface area contributed by atoms with Crippen LogP contribution in [0.3, 0.4) is 0 Å². The quantitative estimate of drug-likeness (QED) is 0.850. The van der Waals surface area contributed by atoms with Crippen LogP contribution in [-0.4, -0.2) is 18.0 Å². The molecule has 2 aliphatic carbocycles. The van der Waals surface area contributed by atoms with Crippen LogP contribution < -0.4 is 5.32 Å². The number of rotatable bonds is 2. The molecule has 0 unspecified atom stereocenters. The van der Waals surface area contributed by atoms with Crippen LogP contribution in [0.4, 0.5) is 5.69 Å². The first-order chi connectivity index (χ1) is 10.0. The summed E-state index contributed by atoms with van der Waals surface area (Å²) in [7, 11) is 0. The molecule has 1 aromatic rings. The van der Waals surface area contributed by atoms with Gasteiger partial charge in [-0.3, -0.25) is 9.59 Å². The second-order valence-electron chi connectivity index (χ2n) is 6.04. The third kappa shape index (κ3) is 1.96. The SMILES string of the molecule is O=C(Nc1ccc(Cl)c(Cl)c1)[C@@H]1[C@@H]2C[C@@H]3[C@@H]1C(=O)O[C@@H]3C2. The normalized spacial score (nSPS) is 35.9. The molecule has 0 radical (unpaired) electrons. The summed E-state index contributed by atoms with van der Waals surface area (Å²) in [5.74, 6) is -0.402. The summed E-state index contributed by atoms with van der Waals surface area (Å²) in [5.41, 5.74) is 0.597. The van der Waals surface area contributed by atoms with Gasteiger partial charge in [-0.25, -0.2) is 0 Å². The largest absolute Gasteiger partial charge is 0.462 e. The first kappa shape index (κ1) is 13.4. The van der Waals surface area contributed by atoms with Gasteiger partial charge < -0.3 is 10.1 Å². The zero-order valence-corrected chi connectivity index (χ0v) is 12.5. The number of hydrogen-bond donors (Lipinski definition) is 1. The molecule has 1 amide bonds. The van der Waals surface area contributed by atoms with E-state index in [0.29, 0.717) is 15.7 Å². The Labute approximate surface area is 131 Å². The number of halogens is 2. The molecular weight excluding hydrogens is 313 g/mol. The molecule has 1 aliphatic heterocycles. The third-order valence-corrected chi connectivity index (χ3v) is 5.71. The van der Waals surface area contributed by atoms with E-state index in [-0.39, 0.29) is 41.7 Å². The molecule has 1 N–H and O–H groups in total. The molecule has 2 bridgehead atoms. The number of anilines is 1. The van der Waals surface area contributed by atoms with Crippen molar-refractivity contribution in [3.05, 3.63) is 28.2 Å². The summed E-state index contributed by atoms with van der Waals surface area (Å²) in [6.07, 6.45) is 1.77.